The van der Waals surface area contributed by atoms with Gasteiger partial charge in [0.15, 0.2) is 7.28 Å². The molecule has 154 valence electrons. The third-order valence-corrected chi connectivity index (χ3v) is 5.64. The highest BCUT2D eigenvalue weighted by Crippen LogP contribution is 2.39. The topological polar surface area (TPSA) is 35.5 Å². The minimum absolute atomic E-state index is 0.0188. The highest BCUT2D eigenvalue weighted by molar-refractivity contribution is 6.55. The zero-order chi connectivity index (χ0) is 20.8. The average molecular weight is 410 g/mol. The van der Waals surface area contributed by atoms with E-state index in [2.05, 4.69) is 5.32 Å². The van der Waals surface area contributed by atoms with Gasteiger partial charge in [-0.15, -0.1) is 0 Å². The summed E-state index contributed by atoms with van der Waals surface area (Å²) >= 11 is 0. The number of hydrogen-bond acceptors (Lipinski definition) is 3. The summed E-state index contributed by atoms with van der Waals surface area (Å²) in [6, 6.07) is 5.48. The lowest BCUT2D eigenvalue weighted by molar-refractivity contribution is -0.150. The predicted molar refractivity (Wildman–Crippen MR) is 101 cm³/mol. The molecule has 2 N–H and O–H groups in total. The van der Waals surface area contributed by atoms with Gasteiger partial charge < -0.3 is 10.4 Å². The Morgan fingerprint density at radius 2 is 1.79 bits per heavy atom. The molecule has 1 unspecified atom stereocenters. The third kappa shape index (κ3) is 4.26. The van der Waals surface area contributed by atoms with E-state index >= 15 is 8.78 Å². The van der Waals surface area contributed by atoms with E-state index in [1.165, 1.54) is 30.3 Å². The molecular formula is C20H20BF5N2O. The van der Waals surface area contributed by atoms with E-state index in [0.717, 1.165) is 18.0 Å². The van der Waals surface area contributed by atoms with Crippen LogP contribution in [0.2, 0.25) is 5.82 Å². The van der Waals surface area contributed by atoms with Crippen LogP contribution in [0.1, 0.15) is 22.7 Å². The fraction of sp³-hybridized carbons (Fsp3) is 0.400. The van der Waals surface area contributed by atoms with Crippen LogP contribution in [0.15, 0.2) is 30.3 Å². The molecule has 0 saturated carbocycles. The van der Waals surface area contributed by atoms with Gasteiger partial charge in [0.1, 0.15) is 17.4 Å². The van der Waals surface area contributed by atoms with Crippen LogP contribution in [0.5, 0.6) is 5.75 Å². The van der Waals surface area contributed by atoms with Crippen LogP contribution in [0.4, 0.5) is 22.0 Å². The van der Waals surface area contributed by atoms with Crippen LogP contribution in [0.3, 0.4) is 0 Å². The zero-order valence-electron chi connectivity index (χ0n) is 15.6. The van der Waals surface area contributed by atoms with Crippen molar-refractivity contribution in [2.75, 3.05) is 26.2 Å². The monoisotopic (exact) mass is 410 g/mol. The van der Waals surface area contributed by atoms with Crippen molar-refractivity contribution < 1.29 is 27.1 Å². The van der Waals surface area contributed by atoms with Gasteiger partial charge in [0, 0.05) is 12.1 Å². The maximum atomic E-state index is 15.0. The van der Waals surface area contributed by atoms with Crippen LogP contribution >= 0.6 is 0 Å². The van der Waals surface area contributed by atoms with Crippen molar-refractivity contribution in [2.45, 2.75) is 24.5 Å². The number of phenols is 1. The minimum atomic E-state index is -4.50. The molecule has 0 amide bonds. The van der Waals surface area contributed by atoms with E-state index in [1.807, 2.05) is 0 Å². The molecule has 2 aliphatic heterocycles. The van der Waals surface area contributed by atoms with E-state index in [9.17, 15) is 18.3 Å². The van der Waals surface area contributed by atoms with Gasteiger partial charge in [-0.3, -0.25) is 4.90 Å². The summed E-state index contributed by atoms with van der Waals surface area (Å²) in [4.78, 5) is 1.05. The number of alkyl halides is 3. The first-order valence-electron chi connectivity index (χ1n) is 9.52. The molecule has 0 aromatic heterocycles. The van der Waals surface area contributed by atoms with Crippen molar-refractivity contribution in [3.8, 4) is 5.75 Å². The standard InChI is InChI=1S/C20H20BF5N2O/c22-16-6-12(21-13-8-27-9-13)7-17(23)18(16)19-15-2-1-14(29)5-11(15)3-4-28(19)10-20(24,25)26/h1-2,5-7,13,19,21,27,29H,3-4,8-10H2. The molecule has 2 aromatic carbocycles. The Bertz CT molecular complexity index is 893. The van der Waals surface area contributed by atoms with E-state index in [0.29, 0.717) is 29.7 Å². The SMILES string of the molecule is Oc1ccc2c(c1)CCN(CC(F)(F)F)C2c1c(F)cc(BC2CNC2)cc1F. The Kier molecular flexibility index (Phi) is 5.29. The van der Waals surface area contributed by atoms with Gasteiger partial charge in [-0.2, -0.15) is 13.2 Å². The fourth-order valence-corrected chi connectivity index (χ4v) is 4.25. The van der Waals surface area contributed by atoms with E-state index in [4.69, 9.17) is 0 Å². The molecule has 1 saturated heterocycles. The predicted octanol–water partition coefficient (Wildman–Crippen LogP) is 2.63. The Labute approximate surface area is 165 Å². The number of benzene rings is 2. The summed E-state index contributed by atoms with van der Waals surface area (Å²) in [6.07, 6.45) is -4.25. The zero-order valence-corrected chi connectivity index (χ0v) is 15.6. The van der Waals surface area contributed by atoms with Gasteiger partial charge in [-0.25, -0.2) is 8.78 Å². The van der Waals surface area contributed by atoms with Gasteiger partial charge in [0.2, 0.25) is 0 Å². The van der Waals surface area contributed by atoms with Crippen molar-refractivity contribution in [1.29, 1.82) is 0 Å². The van der Waals surface area contributed by atoms with Gasteiger partial charge in [0.05, 0.1) is 12.6 Å². The molecule has 1 atom stereocenters. The van der Waals surface area contributed by atoms with Crippen LogP contribution in [0, 0.1) is 11.6 Å². The normalized spacial score (nSPS) is 20.2. The lowest BCUT2D eigenvalue weighted by Crippen LogP contribution is -2.44. The first-order chi connectivity index (χ1) is 13.7. The van der Waals surface area contributed by atoms with Gasteiger partial charge in [-0.1, -0.05) is 11.5 Å². The first-order valence-corrected chi connectivity index (χ1v) is 9.52. The molecule has 0 spiro atoms. The molecule has 2 aromatic rings. The molecule has 3 nitrogen and oxygen atoms in total. The van der Waals surface area contributed by atoms with Crippen LogP contribution < -0.4 is 10.8 Å². The summed E-state index contributed by atoms with van der Waals surface area (Å²) in [5.74, 6) is -1.41. The number of aromatic hydroxyl groups is 1. The van der Waals surface area contributed by atoms with Gasteiger partial charge >= 0.3 is 6.18 Å². The molecule has 2 heterocycles. The molecule has 0 bridgehead atoms. The Morgan fingerprint density at radius 1 is 1.10 bits per heavy atom. The lowest BCUT2D eigenvalue weighted by Gasteiger charge is -2.38. The summed E-state index contributed by atoms with van der Waals surface area (Å²) in [5, 5.41) is 12.8. The van der Waals surface area contributed by atoms with E-state index in [1.54, 1.807) is 0 Å². The number of phenolic OH excluding ortho intramolecular Hbond substituents is 1. The maximum absolute atomic E-state index is 15.0. The van der Waals surface area contributed by atoms with E-state index < -0.39 is 30.4 Å². The first kappa shape index (κ1) is 20.2. The van der Waals surface area contributed by atoms with Crippen molar-refractivity contribution >= 4 is 12.7 Å². The average Bonchev–Trinajstić information content (AvgIpc) is 2.58. The van der Waals surface area contributed by atoms with Crippen molar-refractivity contribution in [3.63, 3.8) is 0 Å². The molecular weight excluding hydrogens is 390 g/mol. The highest BCUT2D eigenvalue weighted by atomic mass is 19.4. The summed E-state index contributed by atoms with van der Waals surface area (Å²) in [6.45, 7) is 0.273. The number of halogens is 5. The molecule has 2 aliphatic rings. The van der Waals surface area contributed by atoms with Crippen LogP contribution in [-0.4, -0.2) is 49.6 Å². The van der Waals surface area contributed by atoms with Gasteiger partial charge in [0.25, 0.3) is 0 Å². The van der Waals surface area contributed by atoms with Gasteiger partial charge in [-0.05, 0) is 60.7 Å². The van der Waals surface area contributed by atoms with Crippen molar-refractivity contribution in [3.05, 3.63) is 58.7 Å². The second-order valence-electron chi connectivity index (χ2n) is 7.82. The number of hydrogen-bond donors (Lipinski definition) is 2. The van der Waals surface area contributed by atoms with Crippen LogP contribution in [0.25, 0.3) is 0 Å². The molecule has 0 radical (unpaired) electrons. The number of rotatable bonds is 4. The Morgan fingerprint density at radius 3 is 2.38 bits per heavy atom. The second-order valence-corrected chi connectivity index (χ2v) is 7.82. The maximum Gasteiger partial charge on any atom is 0.401 e. The minimum Gasteiger partial charge on any atom is -0.508 e. The molecule has 1 fully saturated rings. The number of nitrogens with one attached hydrogen (secondary N) is 1. The van der Waals surface area contributed by atoms with Crippen molar-refractivity contribution in [2.24, 2.45) is 0 Å². The summed E-state index contributed by atoms with van der Waals surface area (Å²) < 4.78 is 69.5. The quantitative estimate of drug-likeness (QED) is 0.601. The second kappa shape index (κ2) is 7.61. The number of fused-ring (bicyclic) bond motifs is 1. The molecule has 29 heavy (non-hydrogen) atoms. The van der Waals surface area contributed by atoms with Crippen molar-refractivity contribution in [1.82, 2.24) is 10.2 Å². The van der Waals surface area contributed by atoms with Crippen LogP contribution in [-0.2, 0) is 6.42 Å². The molecule has 9 heteroatoms. The summed E-state index contributed by atoms with van der Waals surface area (Å²) in [7, 11) is 0.516. The Balaban J connectivity index is 1.76. The highest BCUT2D eigenvalue weighted by Gasteiger charge is 2.39. The fourth-order valence-electron chi connectivity index (χ4n) is 4.25. The number of nitrogens with zero attached hydrogens (tertiary/aromatic N) is 1. The largest absolute Gasteiger partial charge is 0.508 e. The molecule has 4 rings (SSSR count). The Hall–Kier alpha value is -2.13. The molecule has 0 aliphatic carbocycles. The third-order valence-electron chi connectivity index (χ3n) is 5.64. The summed E-state index contributed by atoms with van der Waals surface area (Å²) in [5.41, 5.74) is 1.10. The van der Waals surface area contributed by atoms with E-state index in [-0.39, 0.29) is 24.3 Å². The smallest absolute Gasteiger partial charge is 0.401 e. The lowest BCUT2D eigenvalue weighted by atomic mass is 9.56.